The molecule has 33 heavy (non-hydrogen) atoms. The topological polar surface area (TPSA) is 62.5 Å². The van der Waals surface area contributed by atoms with Crippen LogP contribution in [0.2, 0.25) is 0 Å². The van der Waals surface area contributed by atoms with Crippen LogP contribution < -0.4 is 4.90 Å². The Bertz CT molecular complexity index is 1300. The van der Waals surface area contributed by atoms with Crippen molar-refractivity contribution < 1.29 is 22.5 Å². The zero-order valence-corrected chi connectivity index (χ0v) is 17.4. The summed E-state index contributed by atoms with van der Waals surface area (Å²) in [5, 5.41) is 5.06. The Morgan fingerprint density at radius 2 is 1.70 bits per heavy atom. The zero-order valence-electron chi connectivity index (χ0n) is 17.4. The monoisotopic (exact) mass is 452 g/mol. The molecule has 1 aliphatic rings. The molecule has 0 spiro atoms. The number of pyridine rings is 1. The summed E-state index contributed by atoms with van der Waals surface area (Å²) < 4.78 is 46.1. The van der Waals surface area contributed by atoms with Crippen molar-refractivity contribution >= 4 is 22.7 Å². The quantitative estimate of drug-likeness (QED) is 0.444. The number of carbonyl (C=O) groups excluding carboxylic acids is 1. The highest BCUT2D eigenvalue weighted by Gasteiger charge is 2.35. The van der Waals surface area contributed by atoms with Gasteiger partial charge in [0.05, 0.1) is 16.6 Å². The molecule has 1 saturated heterocycles. The molecule has 168 valence electrons. The molecule has 0 N–H and O–H groups in total. The van der Waals surface area contributed by atoms with E-state index in [-0.39, 0.29) is 22.7 Å². The number of alkyl halides is 3. The smallest absolute Gasteiger partial charge is 0.354 e. The normalized spacial score (nSPS) is 14.6. The number of anilines is 1. The van der Waals surface area contributed by atoms with E-state index in [0.29, 0.717) is 31.8 Å². The fraction of sp³-hybridized carbons (Fsp3) is 0.208. The Kier molecular flexibility index (Phi) is 5.24. The summed E-state index contributed by atoms with van der Waals surface area (Å²) in [6.07, 6.45) is -3.13. The summed E-state index contributed by atoms with van der Waals surface area (Å²) >= 11 is 0. The third-order valence-corrected chi connectivity index (χ3v) is 5.74. The first-order valence-corrected chi connectivity index (χ1v) is 10.4. The van der Waals surface area contributed by atoms with E-state index in [1.54, 1.807) is 17.0 Å². The first-order chi connectivity index (χ1) is 15.9. The first-order valence-electron chi connectivity index (χ1n) is 10.4. The molecule has 3 heterocycles. The van der Waals surface area contributed by atoms with Crippen molar-refractivity contribution in [3.63, 3.8) is 0 Å². The van der Waals surface area contributed by atoms with Gasteiger partial charge in [-0.3, -0.25) is 9.78 Å². The number of hydrogen-bond acceptors (Lipinski definition) is 5. The molecule has 0 radical (unpaired) electrons. The van der Waals surface area contributed by atoms with Crippen LogP contribution in [0.15, 0.2) is 71.4 Å². The largest absolute Gasteiger partial charge is 0.417 e. The van der Waals surface area contributed by atoms with Crippen molar-refractivity contribution in [1.29, 1.82) is 0 Å². The summed E-state index contributed by atoms with van der Waals surface area (Å²) in [6, 6.07) is 15.8. The second kappa shape index (κ2) is 8.23. The van der Waals surface area contributed by atoms with Gasteiger partial charge in [0.2, 0.25) is 0 Å². The number of fused-ring (bicyclic) bond motifs is 1. The second-order valence-electron chi connectivity index (χ2n) is 7.75. The van der Waals surface area contributed by atoms with E-state index in [1.807, 2.05) is 29.2 Å². The lowest BCUT2D eigenvalue weighted by molar-refractivity contribution is -0.137. The van der Waals surface area contributed by atoms with Gasteiger partial charge in [0.1, 0.15) is 0 Å². The third kappa shape index (κ3) is 4.02. The van der Waals surface area contributed by atoms with Gasteiger partial charge in [-0.15, -0.1) is 0 Å². The fourth-order valence-electron chi connectivity index (χ4n) is 4.06. The van der Waals surface area contributed by atoms with E-state index in [0.717, 1.165) is 17.3 Å². The van der Waals surface area contributed by atoms with Gasteiger partial charge in [-0.1, -0.05) is 23.4 Å². The molecule has 0 unspecified atom stereocenters. The number of benzene rings is 2. The van der Waals surface area contributed by atoms with Crippen molar-refractivity contribution in [2.45, 2.75) is 6.18 Å². The lowest BCUT2D eigenvalue weighted by Crippen LogP contribution is -2.49. The van der Waals surface area contributed by atoms with Crippen LogP contribution in [0, 0.1) is 0 Å². The zero-order chi connectivity index (χ0) is 23.0. The van der Waals surface area contributed by atoms with Gasteiger partial charge in [-0.2, -0.15) is 13.2 Å². The SMILES string of the molecule is O=C(c1ccc(C(F)(F)F)c(-c2ccccn2)c1)N1CCN(c2noc3ccccc23)CC1. The Morgan fingerprint density at radius 1 is 0.939 bits per heavy atom. The Balaban J connectivity index is 1.37. The highest BCUT2D eigenvalue weighted by Crippen LogP contribution is 2.37. The predicted octanol–water partition coefficient (Wildman–Crippen LogP) is 4.87. The fourth-order valence-corrected chi connectivity index (χ4v) is 4.06. The van der Waals surface area contributed by atoms with Crippen molar-refractivity contribution in [2.24, 2.45) is 0 Å². The summed E-state index contributed by atoms with van der Waals surface area (Å²) in [4.78, 5) is 20.9. The Labute approximate surface area is 187 Å². The third-order valence-electron chi connectivity index (χ3n) is 5.74. The molecular weight excluding hydrogens is 433 g/mol. The van der Waals surface area contributed by atoms with Crippen LogP contribution in [0.25, 0.3) is 22.2 Å². The second-order valence-corrected chi connectivity index (χ2v) is 7.75. The van der Waals surface area contributed by atoms with Crippen LogP contribution in [-0.2, 0) is 6.18 Å². The highest BCUT2D eigenvalue weighted by molar-refractivity contribution is 5.96. The van der Waals surface area contributed by atoms with E-state index in [1.165, 1.54) is 24.4 Å². The maximum atomic E-state index is 13.6. The van der Waals surface area contributed by atoms with Gasteiger partial charge in [0.25, 0.3) is 5.91 Å². The Hall–Kier alpha value is -3.88. The Morgan fingerprint density at radius 3 is 2.42 bits per heavy atom. The summed E-state index contributed by atoms with van der Waals surface area (Å²) in [7, 11) is 0. The van der Waals surface area contributed by atoms with E-state index < -0.39 is 11.7 Å². The van der Waals surface area contributed by atoms with Gasteiger partial charge in [0.15, 0.2) is 11.4 Å². The lowest BCUT2D eigenvalue weighted by atomic mass is 9.99. The van der Waals surface area contributed by atoms with Crippen molar-refractivity contribution in [1.82, 2.24) is 15.0 Å². The summed E-state index contributed by atoms with van der Waals surface area (Å²) in [5.41, 5.74) is 0.131. The van der Waals surface area contributed by atoms with Gasteiger partial charge >= 0.3 is 6.18 Å². The molecule has 1 aliphatic heterocycles. The van der Waals surface area contributed by atoms with Crippen LogP contribution in [0.3, 0.4) is 0 Å². The first kappa shape index (κ1) is 21.0. The number of amides is 1. The molecule has 9 heteroatoms. The van der Waals surface area contributed by atoms with Gasteiger partial charge in [-0.25, -0.2) is 0 Å². The molecule has 4 aromatic rings. The number of hydrogen-bond donors (Lipinski definition) is 0. The molecule has 2 aromatic carbocycles. The minimum atomic E-state index is -4.56. The van der Waals surface area contributed by atoms with Crippen LogP contribution >= 0.6 is 0 Å². The molecular formula is C24H19F3N4O2. The van der Waals surface area contributed by atoms with E-state index in [9.17, 15) is 18.0 Å². The average Bonchev–Trinajstić information content (AvgIpc) is 3.27. The van der Waals surface area contributed by atoms with Crippen molar-refractivity contribution in [2.75, 3.05) is 31.1 Å². The maximum absolute atomic E-state index is 13.6. The molecule has 2 aromatic heterocycles. The van der Waals surface area contributed by atoms with Crippen molar-refractivity contribution in [3.8, 4) is 11.3 Å². The number of piperazine rings is 1. The van der Waals surface area contributed by atoms with Crippen molar-refractivity contribution in [3.05, 3.63) is 78.0 Å². The average molecular weight is 452 g/mol. The van der Waals surface area contributed by atoms with Gasteiger partial charge in [-0.05, 0) is 42.5 Å². The molecule has 0 bridgehead atoms. The number of carbonyl (C=O) groups is 1. The molecule has 0 atom stereocenters. The number of nitrogens with zero attached hydrogens (tertiary/aromatic N) is 4. The highest BCUT2D eigenvalue weighted by atomic mass is 19.4. The summed E-state index contributed by atoms with van der Waals surface area (Å²) in [6.45, 7) is 1.91. The number of aromatic nitrogens is 2. The number of para-hydroxylation sites is 1. The van der Waals surface area contributed by atoms with E-state index >= 15 is 0 Å². The van der Waals surface area contributed by atoms with E-state index in [4.69, 9.17) is 4.52 Å². The van der Waals surface area contributed by atoms with Crippen LogP contribution in [0.1, 0.15) is 15.9 Å². The molecule has 1 amide bonds. The maximum Gasteiger partial charge on any atom is 0.417 e. The van der Waals surface area contributed by atoms with E-state index in [2.05, 4.69) is 10.1 Å². The minimum Gasteiger partial charge on any atom is -0.354 e. The van der Waals surface area contributed by atoms with Gasteiger partial charge < -0.3 is 14.3 Å². The number of rotatable bonds is 3. The summed E-state index contributed by atoms with van der Waals surface area (Å²) in [5.74, 6) is 0.412. The molecule has 0 saturated carbocycles. The van der Waals surface area contributed by atoms with Gasteiger partial charge in [0, 0.05) is 43.5 Å². The molecule has 5 rings (SSSR count). The molecule has 1 fully saturated rings. The molecule has 0 aliphatic carbocycles. The molecule has 6 nitrogen and oxygen atoms in total. The lowest BCUT2D eigenvalue weighted by Gasteiger charge is -2.35. The standard InChI is InChI=1S/C24H19F3N4O2/c25-24(26,27)19-9-8-16(15-18(19)20-6-3-4-10-28-20)23(32)31-13-11-30(12-14-31)22-17-5-1-2-7-21(17)33-29-22/h1-10,15H,11-14H2. The van der Waals surface area contributed by atoms with Crippen LogP contribution in [0.4, 0.5) is 19.0 Å². The minimum absolute atomic E-state index is 0.110. The predicted molar refractivity (Wildman–Crippen MR) is 117 cm³/mol. The number of halogens is 3. The van der Waals surface area contributed by atoms with Crippen LogP contribution in [0.5, 0.6) is 0 Å². The van der Waals surface area contributed by atoms with Crippen LogP contribution in [-0.4, -0.2) is 47.1 Å².